The summed E-state index contributed by atoms with van der Waals surface area (Å²) in [7, 11) is 0. The fourth-order valence-electron chi connectivity index (χ4n) is 0.983. The zero-order valence-electron chi connectivity index (χ0n) is 5.04. The predicted octanol–water partition coefficient (Wildman–Crippen LogP) is -1.55. The number of alkyl halides is 1. The quantitative estimate of drug-likeness (QED) is 0.198. The van der Waals surface area contributed by atoms with Crippen LogP contribution in [0.1, 0.15) is 0 Å². The predicted molar refractivity (Wildman–Crippen MR) is 41.9 cm³/mol. The Labute approximate surface area is 71.6 Å². The van der Waals surface area contributed by atoms with E-state index in [0.29, 0.717) is 0 Å². The maximum Gasteiger partial charge on any atom is 0.183 e. The van der Waals surface area contributed by atoms with Gasteiger partial charge in [0.05, 0.1) is 10.1 Å². The molecule has 58 valence electrons. The van der Waals surface area contributed by atoms with E-state index in [4.69, 9.17) is 9.84 Å². The van der Waals surface area contributed by atoms with Crippen molar-refractivity contribution in [1.29, 1.82) is 0 Å². The van der Waals surface area contributed by atoms with Crippen LogP contribution < -0.4 is 16.4 Å². The maximum absolute atomic E-state index is 8.88. The molecule has 0 radical (unpaired) electrons. The van der Waals surface area contributed by atoms with Crippen LogP contribution in [0.3, 0.4) is 0 Å². The van der Waals surface area contributed by atoms with Gasteiger partial charge in [0.15, 0.2) is 6.29 Å². The zero-order chi connectivity index (χ0) is 7.14. The van der Waals surface area contributed by atoms with E-state index < -0.39 is 6.29 Å². The number of nitrogens with one attached hydrogen (secondary N) is 3. The van der Waals surface area contributed by atoms with Crippen LogP contribution in [0.15, 0.2) is 0 Å². The van der Waals surface area contributed by atoms with Gasteiger partial charge in [-0.1, -0.05) is 22.6 Å². The van der Waals surface area contributed by atoms with E-state index in [1.54, 1.807) is 0 Å². The van der Waals surface area contributed by atoms with Gasteiger partial charge in [0.25, 0.3) is 0 Å². The number of epoxide rings is 1. The van der Waals surface area contributed by atoms with E-state index in [2.05, 4.69) is 39.0 Å². The minimum atomic E-state index is -0.573. The van der Waals surface area contributed by atoms with Crippen molar-refractivity contribution >= 4 is 22.6 Å². The summed E-state index contributed by atoms with van der Waals surface area (Å²) in [6, 6.07) is 0.163. The molecule has 2 rings (SSSR count). The van der Waals surface area contributed by atoms with Crippen LogP contribution in [-0.4, -0.2) is 27.6 Å². The number of hydrogen-bond acceptors (Lipinski definition) is 5. The van der Waals surface area contributed by atoms with Gasteiger partial charge in [-0.15, -0.1) is 0 Å². The van der Waals surface area contributed by atoms with Gasteiger partial charge in [-0.25, -0.2) is 10.9 Å². The Balaban J connectivity index is 1.92. The van der Waals surface area contributed by atoms with E-state index in [1.165, 1.54) is 0 Å². The number of rotatable bonds is 1. The molecule has 0 aromatic carbocycles. The number of aliphatic hydroxyl groups excluding tert-OH is 1. The van der Waals surface area contributed by atoms with E-state index >= 15 is 0 Å². The van der Waals surface area contributed by atoms with Crippen LogP contribution >= 0.6 is 22.6 Å². The van der Waals surface area contributed by atoms with Crippen molar-refractivity contribution in [2.45, 2.75) is 22.5 Å². The van der Waals surface area contributed by atoms with Crippen LogP contribution in [0.5, 0.6) is 0 Å². The molecule has 0 amide bonds. The van der Waals surface area contributed by atoms with Crippen molar-refractivity contribution < 1.29 is 9.84 Å². The molecule has 0 aromatic rings. The maximum atomic E-state index is 8.88. The lowest BCUT2D eigenvalue weighted by molar-refractivity contribution is 0.155. The van der Waals surface area contributed by atoms with Crippen LogP contribution in [0.4, 0.5) is 0 Å². The SMILES string of the molecule is OC1OC1C1NNNC1I. The van der Waals surface area contributed by atoms with Gasteiger partial charge in [0, 0.05) is 0 Å². The monoisotopic (exact) mass is 257 g/mol. The van der Waals surface area contributed by atoms with E-state index in [1.807, 2.05) is 0 Å². The highest BCUT2D eigenvalue weighted by Gasteiger charge is 2.48. The number of hydrogen-bond donors (Lipinski definition) is 4. The molecular formula is C4H8IN3O2. The Bertz CT molecular complexity index is 146. The Hall–Kier alpha value is 0.530. The first kappa shape index (κ1) is 7.19. The summed E-state index contributed by atoms with van der Waals surface area (Å²) in [5.74, 6) is 0. The summed E-state index contributed by atoms with van der Waals surface area (Å²) in [4.78, 5) is 0. The van der Waals surface area contributed by atoms with Gasteiger partial charge in [0.1, 0.15) is 6.10 Å². The van der Waals surface area contributed by atoms with Gasteiger partial charge in [-0.2, -0.15) is 5.53 Å². The van der Waals surface area contributed by atoms with Gasteiger partial charge < -0.3 is 9.84 Å². The van der Waals surface area contributed by atoms with Crippen LogP contribution in [0.2, 0.25) is 0 Å². The Morgan fingerprint density at radius 1 is 1.40 bits per heavy atom. The second kappa shape index (κ2) is 2.54. The molecule has 2 saturated heterocycles. The second-order valence-corrected chi connectivity index (χ2v) is 3.67. The molecule has 0 saturated carbocycles. The molecule has 0 aliphatic carbocycles. The van der Waals surface area contributed by atoms with Crippen molar-refractivity contribution in [2.75, 3.05) is 0 Å². The molecule has 0 spiro atoms. The summed E-state index contributed by atoms with van der Waals surface area (Å²) < 4.78 is 5.14. The highest BCUT2D eigenvalue weighted by atomic mass is 127. The summed E-state index contributed by atoms with van der Waals surface area (Å²) in [5, 5.41) is 8.88. The number of ether oxygens (including phenoxy) is 1. The summed E-state index contributed by atoms with van der Waals surface area (Å²) in [6.45, 7) is 0. The fourth-order valence-corrected chi connectivity index (χ4v) is 1.73. The first-order valence-corrected chi connectivity index (χ1v) is 4.27. The lowest BCUT2D eigenvalue weighted by atomic mass is 10.2. The van der Waals surface area contributed by atoms with Gasteiger partial charge >= 0.3 is 0 Å². The summed E-state index contributed by atoms with van der Waals surface area (Å²) >= 11 is 2.23. The highest BCUT2D eigenvalue weighted by molar-refractivity contribution is 14.1. The molecule has 4 unspecified atom stereocenters. The summed E-state index contributed by atoms with van der Waals surface area (Å²) in [5.41, 5.74) is 8.66. The third kappa shape index (κ3) is 1.15. The minimum absolute atomic E-state index is 0.0515. The van der Waals surface area contributed by atoms with Crippen LogP contribution in [0, 0.1) is 0 Å². The lowest BCUT2D eigenvalue weighted by Crippen LogP contribution is -2.37. The molecule has 2 aliphatic rings. The second-order valence-electron chi connectivity index (χ2n) is 2.33. The summed E-state index contributed by atoms with van der Waals surface area (Å²) in [6.07, 6.45) is -0.624. The van der Waals surface area contributed by atoms with Crippen molar-refractivity contribution in [1.82, 2.24) is 16.4 Å². The first-order valence-electron chi connectivity index (χ1n) is 3.03. The lowest BCUT2D eigenvalue weighted by Gasteiger charge is -2.06. The Morgan fingerprint density at radius 2 is 2.10 bits per heavy atom. The molecule has 10 heavy (non-hydrogen) atoms. The fraction of sp³-hybridized carbons (Fsp3) is 1.00. The standard InChI is InChI=1S/C4H8IN3O2/c5-3-1(6-8-7-3)2-4(9)10-2/h1-4,6-9H. The zero-order valence-corrected chi connectivity index (χ0v) is 7.20. The molecule has 0 aromatic heterocycles. The van der Waals surface area contributed by atoms with Gasteiger partial charge in [0.2, 0.25) is 0 Å². The highest BCUT2D eigenvalue weighted by Crippen LogP contribution is 2.26. The van der Waals surface area contributed by atoms with E-state index in [9.17, 15) is 0 Å². The van der Waals surface area contributed by atoms with Crippen LogP contribution in [-0.2, 0) is 4.74 Å². The minimum Gasteiger partial charge on any atom is -0.366 e. The largest absolute Gasteiger partial charge is 0.366 e. The van der Waals surface area contributed by atoms with Crippen molar-refractivity contribution in [3.63, 3.8) is 0 Å². The van der Waals surface area contributed by atoms with Crippen LogP contribution in [0.25, 0.3) is 0 Å². The molecule has 4 atom stereocenters. The average molecular weight is 257 g/mol. The smallest absolute Gasteiger partial charge is 0.183 e. The number of aliphatic hydroxyl groups is 1. The average Bonchev–Trinajstić information content (AvgIpc) is 2.42. The van der Waals surface area contributed by atoms with E-state index in [0.717, 1.165) is 0 Å². The molecule has 0 bridgehead atoms. The van der Waals surface area contributed by atoms with E-state index in [-0.39, 0.29) is 16.2 Å². The molecular weight excluding hydrogens is 249 g/mol. The Morgan fingerprint density at radius 3 is 2.50 bits per heavy atom. The molecule has 2 heterocycles. The van der Waals surface area contributed by atoms with Crippen molar-refractivity contribution in [3.8, 4) is 0 Å². The molecule has 2 aliphatic heterocycles. The third-order valence-electron chi connectivity index (χ3n) is 1.62. The van der Waals surface area contributed by atoms with Gasteiger partial charge in [-0.05, 0) is 0 Å². The first-order chi connectivity index (χ1) is 4.79. The Kier molecular flexibility index (Phi) is 1.83. The number of hydrazine groups is 2. The normalized spacial score (nSPS) is 53.4. The molecule has 6 heteroatoms. The topological polar surface area (TPSA) is 68.8 Å². The van der Waals surface area contributed by atoms with Gasteiger partial charge in [-0.3, -0.25) is 0 Å². The van der Waals surface area contributed by atoms with Crippen molar-refractivity contribution in [3.05, 3.63) is 0 Å². The molecule has 5 nitrogen and oxygen atoms in total. The molecule has 4 N–H and O–H groups in total. The van der Waals surface area contributed by atoms with Crippen molar-refractivity contribution in [2.24, 2.45) is 0 Å². The molecule has 2 fully saturated rings. The number of halogens is 1. The third-order valence-corrected chi connectivity index (χ3v) is 2.71.